The number of hydrogen-bond acceptors (Lipinski definition) is 2. The van der Waals surface area contributed by atoms with Crippen molar-refractivity contribution in [3.8, 4) is 11.1 Å². The highest BCUT2D eigenvalue weighted by molar-refractivity contribution is 5.84. The zero-order chi connectivity index (χ0) is 22.0. The molecule has 1 aliphatic heterocycles. The molecule has 0 N–H and O–H groups in total. The zero-order valence-electron chi connectivity index (χ0n) is 19.1. The molecule has 1 aliphatic carbocycles. The van der Waals surface area contributed by atoms with Gasteiger partial charge in [0.05, 0.1) is 5.41 Å². The molecule has 0 bridgehead atoms. The molecule has 0 spiro atoms. The van der Waals surface area contributed by atoms with Gasteiger partial charge in [0.2, 0.25) is 11.8 Å². The monoisotopic (exact) mass is 418 g/mol. The van der Waals surface area contributed by atoms with Crippen molar-refractivity contribution in [3.05, 3.63) is 59.7 Å². The summed E-state index contributed by atoms with van der Waals surface area (Å²) in [7, 11) is 3.69. The van der Waals surface area contributed by atoms with Crippen LogP contribution < -0.4 is 0 Å². The fourth-order valence-corrected chi connectivity index (χ4v) is 5.04. The van der Waals surface area contributed by atoms with Crippen LogP contribution in [0.3, 0.4) is 0 Å². The summed E-state index contributed by atoms with van der Waals surface area (Å²) in [5.41, 5.74) is 4.42. The minimum Gasteiger partial charge on any atom is -0.348 e. The van der Waals surface area contributed by atoms with Crippen LogP contribution in [0.5, 0.6) is 0 Å². The van der Waals surface area contributed by atoms with E-state index >= 15 is 0 Å². The van der Waals surface area contributed by atoms with E-state index in [-0.39, 0.29) is 11.8 Å². The largest absolute Gasteiger partial charge is 0.348 e. The van der Waals surface area contributed by atoms with Crippen molar-refractivity contribution in [3.63, 3.8) is 0 Å². The first-order valence-corrected chi connectivity index (χ1v) is 11.5. The van der Waals surface area contributed by atoms with Crippen molar-refractivity contribution < 1.29 is 9.59 Å². The molecule has 4 heteroatoms. The highest BCUT2D eigenvalue weighted by atomic mass is 16.2. The molecule has 1 saturated carbocycles. The Morgan fingerprint density at radius 3 is 2.23 bits per heavy atom. The van der Waals surface area contributed by atoms with Crippen molar-refractivity contribution in [2.45, 2.75) is 45.4 Å². The highest BCUT2D eigenvalue weighted by Gasteiger charge is 2.44. The second kappa shape index (κ2) is 8.86. The third-order valence-corrected chi connectivity index (χ3v) is 7.19. The summed E-state index contributed by atoms with van der Waals surface area (Å²) >= 11 is 0. The average molecular weight is 419 g/mol. The van der Waals surface area contributed by atoms with Gasteiger partial charge in [-0.05, 0) is 55.7 Å². The number of hydrogen-bond donors (Lipinski definition) is 0. The summed E-state index contributed by atoms with van der Waals surface area (Å²) in [5.74, 6) is 0.719. The minimum atomic E-state index is -0.426. The number of carbonyl (C=O) groups excluding carboxylic acids is 2. The van der Waals surface area contributed by atoms with Gasteiger partial charge in [-0.1, -0.05) is 60.5 Å². The Labute approximate surface area is 186 Å². The third-order valence-electron chi connectivity index (χ3n) is 7.19. The van der Waals surface area contributed by atoms with Gasteiger partial charge in [0.25, 0.3) is 0 Å². The standard InChI is InChI=1S/C27H34N2O2/c1-20-6-4-9-24(18-20)22-12-10-21(11-13-22)19-27(26(31)28(2)3)14-16-29(17-15-27)25(30)23-7-5-8-23/h4,6,9-13,18,23H,5,7-8,14-17,19H2,1-3H3. The van der Waals surface area contributed by atoms with Gasteiger partial charge in [-0.15, -0.1) is 0 Å². The molecule has 4 nitrogen and oxygen atoms in total. The lowest BCUT2D eigenvalue weighted by Gasteiger charge is -2.43. The van der Waals surface area contributed by atoms with Gasteiger partial charge in [0.1, 0.15) is 0 Å². The van der Waals surface area contributed by atoms with E-state index in [1.54, 1.807) is 4.90 Å². The first-order chi connectivity index (χ1) is 14.9. The lowest BCUT2D eigenvalue weighted by Crippen LogP contribution is -2.52. The first-order valence-electron chi connectivity index (χ1n) is 11.5. The van der Waals surface area contributed by atoms with Crippen molar-refractivity contribution in [1.29, 1.82) is 0 Å². The molecule has 2 fully saturated rings. The number of nitrogens with zero attached hydrogens (tertiary/aromatic N) is 2. The molecular weight excluding hydrogens is 384 g/mol. The average Bonchev–Trinajstić information content (AvgIpc) is 2.73. The van der Waals surface area contributed by atoms with Crippen LogP contribution in [-0.4, -0.2) is 48.8 Å². The van der Waals surface area contributed by atoms with Crippen molar-refractivity contribution >= 4 is 11.8 Å². The van der Waals surface area contributed by atoms with Gasteiger partial charge in [0.15, 0.2) is 0 Å². The van der Waals surface area contributed by atoms with Crippen LogP contribution in [-0.2, 0) is 16.0 Å². The molecule has 1 heterocycles. The first kappa shape index (κ1) is 21.6. The molecule has 1 saturated heterocycles. The fourth-order valence-electron chi connectivity index (χ4n) is 5.04. The van der Waals surface area contributed by atoms with Gasteiger partial charge in [0, 0.05) is 33.1 Å². The van der Waals surface area contributed by atoms with Crippen molar-refractivity contribution in [2.24, 2.45) is 11.3 Å². The number of carbonyl (C=O) groups is 2. The topological polar surface area (TPSA) is 40.6 Å². The van der Waals surface area contributed by atoms with E-state index < -0.39 is 5.41 Å². The summed E-state index contributed by atoms with van der Waals surface area (Å²) in [6, 6.07) is 17.2. The van der Waals surface area contributed by atoms with Gasteiger partial charge in [-0.2, -0.15) is 0 Å². The zero-order valence-corrected chi connectivity index (χ0v) is 19.1. The van der Waals surface area contributed by atoms with Gasteiger partial charge >= 0.3 is 0 Å². The van der Waals surface area contributed by atoms with Crippen LogP contribution in [0.25, 0.3) is 11.1 Å². The van der Waals surface area contributed by atoms with Crippen LogP contribution in [0.4, 0.5) is 0 Å². The molecule has 0 aromatic heterocycles. The Balaban J connectivity index is 1.50. The number of likely N-dealkylation sites (tertiary alicyclic amines) is 1. The maximum atomic E-state index is 13.3. The van der Waals surface area contributed by atoms with E-state index in [1.165, 1.54) is 28.7 Å². The Hall–Kier alpha value is -2.62. The second-order valence-corrected chi connectivity index (χ2v) is 9.68. The van der Waals surface area contributed by atoms with E-state index in [1.807, 2.05) is 19.0 Å². The number of piperidine rings is 1. The predicted molar refractivity (Wildman–Crippen MR) is 125 cm³/mol. The van der Waals surface area contributed by atoms with Crippen LogP contribution in [0.15, 0.2) is 48.5 Å². The second-order valence-electron chi connectivity index (χ2n) is 9.68. The number of benzene rings is 2. The molecule has 0 atom stereocenters. The maximum Gasteiger partial charge on any atom is 0.228 e. The van der Waals surface area contributed by atoms with E-state index in [9.17, 15) is 9.59 Å². The quantitative estimate of drug-likeness (QED) is 0.706. The fraction of sp³-hybridized carbons (Fsp3) is 0.481. The summed E-state index contributed by atoms with van der Waals surface area (Å²) in [4.78, 5) is 29.7. The molecule has 2 amide bonds. The van der Waals surface area contributed by atoms with E-state index in [4.69, 9.17) is 0 Å². The number of rotatable bonds is 5. The SMILES string of the molecule is Cc1cccc(-c2ccc(CC3(C(=O)N(C)C)CCN(C(=O)C4CCC4)CC3)cc2)c1. The smallest absolute Gasteiger partial charge is 0.228 e. The van der Waals surface area contributed by atoms with Crippen LogP contribution in [0.2, 0.25) is 0 Å². The summed E-state index contributed by atoms with van der Waals surface area (Å²) in [6.45, 7) is 3.49. The Morgan fingerprint density at radius 1 is 1.00 bits per heavy atom. The molecule has 2 aliphatic rings. The maximum absolute atomic E-state index is 13.3. The normalized spacial score (nSPS) is 18.4. The van der Waals surface area contributed by atoms with Crippen LogP contribution in [0.1, 0.15) is 43.2 Å². The van der Waals surface area contributed by atoms with Gasteiger partial charge in [-0.3, -0.25) is 9.59 Å². The lowest BCUT2D eigenvalue weighted by atomic mass is 9.72. The van der Waals surface area contributed by atoms with E-state index in [0.717, 1.165) is 32.1 Å². The molecule has 164 valence electrons. The molecule has 31 heavy (non-hydrogen) atoms. The van der Waals surface area contributed by atoms with Gasteiger partial charge in [-0.25, -0.2) is 0 Å². The Kier molecular flexibility index (Phi) is 6.17. The predicted octanol–water partition coefficient (Wildman–Crippen LogP) is 4.70. The summed E-state index contributed by atoms with van der Waals surface area (Å²) < 4.78 is 0. The van der Waals surface area contributed by atoms with E-state index in [2.05, 4.69) is 55.5 Å². The molecule has 2 aromatic rings. The van der Waals surface area contributed by atoms with Crippen molar-refractivity contribution in [2.75, 3.05) is 27.2 Å². The van der Waals surface area contributed by atoms with Crippen LogP contribution >= 0.6 is 0 Å². The lowest BCUT2D eigenvalue weighted by molar-refractivity contribution is -0.148. The third kappa shape index (κ3) is 4.53. The van der Waals surface area contributed by atoms with Crippen molar-refractivity contribution in [1.82, 2.24) is 9.80 Å². The molecule has 0 unspecified atom stereocenters. The van der Waals surface area contributed by atoms with Crippen LogP contribution in [0, 0.1) is 18.3 Å². The van der Waals surface area contributed by atoms with E-state index in [0.29, 0.717) is 19.0 Å². The summed E-state index contributed by atoms with van der Waals surface area (Å²) in [6.07, 6.45) is 5.44. The Morgan fingerprint density at radius 2 is 1.68 bits per heavy atom. The summed E-state index contributed by atoms with van der Waals surface area (Å²) in [5, 5.41) is 0. The molecule has 2 aromatic carbocycles. The molecule has 4 rings (SSSR count). The molecular formula is C27H34N2O2. The number of aryl methyl sites for hydroxylation is 1. The molecule has 0 radical (unpaired) electrons. The Bertz CT molecular complexity index is 936. The number of amides is 2. The van der Waals surface area contributed by atoms with Gasteiger partial charge < -0.3 is 9.80 Å². The highest BCUT2D eigenvalue weighted by Crippen LogP contribution is 2.39. The minimum absolute atomic E-state index is 0.186.